The van der Waals surface area contributed by atoms with Gasteiger partial charge in [-0.2, -0.15) is 0 Å². The third-order valence-corrected chi connectivity index (χ3v) is 2.67. The molecular formula is C10H18O9P+. The minimum atomic E-state index is -2.91. The van der Waals surface area contributed by atoms with Crippen molar-refractivity contribution in [3.05, 3.63) is 0 Å². The normalized spacial score (nSPS) is 17.6. The molecule has 0 fully saturated rings. The maximum absolute atomic E-state index is 11.3. The predicted molar refractivity (Wildman–Crippen MR) is 64.2 cm³/mol. The molecule has 0 radical (unpaired) electrons. The van der Waals surface area contributed by atoms with Crippen LogP contribution in [-0.4, -0.2) is 46.9 Å². The van der Waals surface area contributed by atoms with Gasteiger partial charge < -0.3 is 19.7 Å². The van der Waals surface area contributed by atoms with Crippen LogP contribution in [0, 0.1) is 0 Å². The predicted octanol–water partition coefficient (Wildman–Crippen LogP) is 0.217. The van der Waals surface area contributed by atoms with E-state index >= 15 is 0 Å². The molecule has 0 aliphatic carbocycles. The smallest absolute Gasteiger partial charge is 0.457 e. The Hall–Kier alpha value is -1.12. The van der Waals surface area contributed by atoms with Crippen molar-refractivity contribution in [3.8, 4) is 0 Å². The van der Waals surface area contributed by atoms with Gasteiger partial charge in [0.2, 0.25) is 12.6 Å². The Morgan fingerprint density at radius 2 is 1.20 bits per heavy atom. The summed E-state index contributed by atoms with van der Waals surface area (Å²) >= 11 is 0. The van der Waals surface area contributed by atoms with Gasteiger partial charge in [0.15, 0.2) is 12.2 Å². The first kappa shape index (κ1) is 18.9. The van der Waals surface area contributed by atoms with Crippen LogP contribution >= 0.6 is 8.25 Å². The fourth-order valence-electron chi connectivity index (χ4n) is 1.01. The quantitative estimate of drug-likeness (QED) is 0.367. The highest BCUT2D eigenvalue weighted by molar-refractivity contribution is 7.33. The highest BCUT2D eigenvalue weighted by Gasteiger charge is 2.36. The third-order valence-electron chi connectivity index (χ3n) is 1.89. The van der Waals surface area contributed by atoms with Crippen molar-refractivity contribution in [1.29, 1.82) is 0 Å². The van der Waals surface area contributed by atoms with Gasteiger partial charge in [0.1, 0.15) is 0 Å². The lowest BCUT2D eigenvalue weighted by molar-refractivity contribution is -0.173. The SMILES string of the molecule is CC(=O)OC(C)C(O)O[P+](=O)OC(O)C(C)OC(C)=O. The van der Waals surface area contributed by atoms with Gasteiger partial charge in [0.05, 0.1) is 0 Å². The molecule has 0 saturated heterocycles. The fourth-order valence-corrected chi connectivity index (χ4v) is 1.76. The molecule has 0 aromatic carbocycles. The molecule has 9 nitrogen and oxygen atoms in total. The van der Waals surface area contributed by atoms with E-state index in [4.69, 9.17) is 0 Å². The maximum atomic E-state index is 11.3. The summed E-state index contributed by atoms with van der Waals surface area (Å²) in [6.45, 7) is 4.88. The summed E-state index contributed by atoms with van der Waals surface area (Å²) in [5, 5.41) is 18.8. The summed E-state index contributed by atoms with van der Waals surface area (Å²) in [7, 11) is -2.91. The number of esters is 2. The molecule has 116 valence electrons. The summed E-state index contributed by atoms with van der Waals surface area (Å²) in [6.07, 6.45) is -5.53. The van der Waals surface area contributed by atoms with Crippen molar-refractivity contribution in [3.63, 3.8) is 0 Å². The summed E-state index contributed by atoms with van der Waals surface area (Å²) < 4.78 is 29.5. The van der Waals surface area contributed by atoms with E-state index in [2.05, 4.69) is 18.5 Å². The molecule has 2 N–H and O–H groups in total. The second-order valence-corrected chi connectivity index (χ2v) is 4.71. The molecular weight excluding hydrogens is 295 g/mol. The van der Waals surface area contributed by atoms with Gasteiger partial charge in [-0.15, -0.1) is 0 Å². The average Bonchev–Trinajstić information content (AvgIpc) is 2.26. The lowest BCUT2D eigenvalue weighted by Crippen LogP contribution is -2.31. The Labute approximate surface area is 116 Å². The Morgan fingerprint density at radius 1 is 0.900 bits per heavy atom. The second kappa shape index (κ2) is 8.93. The van der Waals surface area contributed by atoms with Crippen molar-refractivity contribution < 1.29 is 42.9 Å². The van der Waals surface area contributed by atoms with Crippen LogP contribution in [0.2, 0.25) is 0 Å². The van der Waals surface area contributed by atoms with Crippen molar-refractivity contribution in [2.45, 2.75) is 52.5 Å². The van der Waals surface area contributed by atoms with Crippen LogP contribution in [0.5, 0.6) is 0 Å². The van der Waals surface area contributed by atoms with E-state index in [0.29, 0.717) is 0 Å². The fraction of sp³-hybridized carbons (Fsp3) is 0.800. The first-order valence-corrected chi connectivity index (χ1v) is 6.74. The number of aliphatic hydroxyl groups excluding tert-OH is 2. The van der Waals surface area contributed by atoms with Gasteiger partial charge in [-0.05, 0) is 13.8 Å². The minimum absolute atomic E-state index is 0.653. The molecule has 0 spiro atoms. The number of carbonyl (C=O) groups is 2. The highest BCUT2D eigenvalue weighted by atomic mass is 31.1. The molecule has 0 rings (SSSR count). The van der Waals surface area contributed by atoms with Crippen molar-refractivity contribution in [2.24, 2.45) is 0 Å². The molecule has 0 aliphatic heterocycles. The van der Waals surface area contributed by atoms with Gasteiger partial charge >= 0.3 is 20.2 Å². The number of hydrogen-bond acceptors (Lipinski definition) is 9. The molecule has 0 heterocycles. The van der Waals surface area contributed by atoms with Gasteiger partial charge in [-0.1, -0.05) is 9.05 Å². The monoisotopic (exact) mass is 313 g/mol. The van der Waals surface area contributed by atoms with Crippen LogP contribution in [0.25, 0.3) is 0 Å². The van der Waals surface area contributed by atoms with E-state index in [9.17, 15) is 24.4 Å². The van der Waals surface area contributed by atoms with Crippen LogP contribution in [0.3, 0.4) is 0 Å². The van der Waals surface area contributed by atoms with Crippen LogP contribution in [-0.2, 0) is 32.7 Å². The topological polar surface area (TPSA) is 129 Å². The summed E-state index contributed by atoms with van der Waals surface area (Å²) in [5.74, 6) is -1.31. The van der Waals surface area contributed by atoms with E-state index in [1.54, 1.807) is 0 Å². The zero-order chi connectivity index (χ0) is 15.9. The molecule has 0 aromatic heterocycles. The Kier molecular flexibility index (Phi) is 8.43. The van der Waals surface area contributed by atoms with Gasteiger partial charge in [0, 0.05) is 18.4 Å². The first-order chi connectivity index (χ1) is 9.13. The largest absolute Gasteiger partial charge is 0.703 e. The molecule has 0 aliphatic rings. The van der Waals surface area contributed by atoms with Crippen LogP contribution in [0.15, 0.2) is 0 Å². The summed E-state index contributed by atoms with van der Waals surface area (Å²) in [4.78, 5) is 21.3. The molecule has 10 heteroatoms. The number of hydrogen-bond donors (Lipinski definition) is 2. The van der Waals surface area contributed by atoms with Gasteiger partial charge in [-0.3, -0.25) is 9.59 Å². The molecule has 20 heavy (non-hydrogen) atoms. The molecule has 0 amide bonds. The minimum Gasteiger partial charge on any atom is -0.457 e. The highest BCUT2D eigenvalue weighted by Crippen LogP contribution is 2.29. The number of carbonyl (C=O) groups excluding carboxylic acids is 2. The van der Waals surface area contributed by atoms with Gasteiger partial charge in [-0.25, -0.2) is 0 Å². The number of aliphatic hydroxyl groups is 2. The number of rotatable bonds is 8. The van der Waals surface area contributed by atoms with Crippen LogP contribution in [0.1, 0.15) is 27.7 Å². The molecule has 0 aromatic rings. The van der Waals surface area contributed by atoms with Crippen LogP contribution < -0.4 is 0 Å². The number of ether oxygens (including phenoxy) is 2. The van der Waals surface area contributed by atoms with E-state index in [-0.39, 0.29) is 0 Å². The Balaban J connectivity index is 4.21. The molecule has 0 bridgehead atoms. The zero-order valence-electron chi connectivity index (χ0n) is 11.5. The van der Waals surface area contributed by atoms with Crippen LogP contribution in [0.4, 0.5) is 0 Å². The standard InChI is InChI=1S/C10H18O9P/c1-5(16-7(3)11)9(13)18-20(15)19-10(14)6(2)17-8(4)12/h5-6,9-10,13-14H,1-4H3/q+1. The van der Waals surface area contributed by atoms with Crippen molar-refractivity contribution >= 4 is 20.2 Å². The third kappa shape index (κ3) is 8.13. The van der Waals surface area contributed by atoms with Crippen molar-refractivity contribution in [1.82, 2.24) is 0 Å². The Bertz CT molecular complexity index is 327. The second-order valence-electron chi connectivity index (χ2n) is 3.84. The first-order valence-electron chi connectivity index (χ1n) is 5.64. The van der Waals surface area contributed by atoms with Gasteiger partial charge in [0.25, 0.3) is 0 Å². The summed E-state index contributed by atoms with van der Waals surface area (Å²) in [6, 6.07) is 0. The summed E-state index contributed by atoms with van der Waals surface area (Å²) in [5.41, 5.74) is 0. The van der Waals surface area contributed by atoms with E-state index in [0.717, 1.165) is 13.8 Å². The zero-order valence-corrected chi connectivity index (χ0v) is 12.4. The lowest BCUT2D eigenvalue weighted by atomic mass is 10.4. The van der Waals surface area contributed by atoms with E-state index in [1.165, 1.54) is 13.8 Å². The van der Waals surface area contributed by atoms with Crippen molar-refractivity contribution in [2.75, 3.05) is 0 Å². The van der Waals surface area contributed by atoms with E-state index < -0.39 is 45.0 Å². The lowest BCUT2D eigenvalue weighted by Gasteiger charge is -2.15. The molecule has 4 unspecified atom stereocenters. The molecule has 0 saturated carbocycles. The maximum Gasteiger partial charge on any atom is 0.703 e. The van der Waals surface area contributed by atoms with E-state index in [1.807, 2.05) is 0 Å². The Morgan fingerprint density at radius 3 is 1.45 bits per heavy atom. The molecule has 4 atom stereocenters. The average molecular weight is 313 g/mol.